The molecule has 2 aliphatic rings. The highest BCUT2D eigenvalue weighted by atomic mass is 32.2. The molecule has 1 aromatic heterocycles. The molecule has 0 saturated carbocycles. The zero-order chi connectivity index (χ0) is 20.6. The van der Waals surface area contributed by atoms with Gasteiger partial charge in [0, 0.05) is 57.2 Å². The van der Waals surface area contributed by atoms with Crippen LogP contribution in [0.25, 0.3) is 0 Å². The molecule has 29 heavy (non-hydrogen) atoms. The molecule has 0 radical (unpaired) electrons. The summed E-state index contributed by atoms with van der Waals surface area (Å²) >= 11 is 0. The number of piperazine rings is 1. The van der Waals surface area contributed by atoms with Crippen LogP contribution in [-0.4, -0.2) is 72.3 Å². The van der Waals surface area contributed by atoms with E-state index in [1.807, 2.05) is 6.07 Å². The predicted octanol–water partition coefficient (Wildman–Crippen LogP) is 1.54. The van der Waals surface area contributed by atoms with Crippen molar-refractivity contribution < 1.29 is 17.6 Å². The molecule has 0 N–H and O–H groups in total. The first-order valence-electron chi connectivity index (χ1n) is 9.79. The third-order valence-corrected chi connectivity index (χ3v) is 7.78. The van der Waals surface area contributed by atoms with E-state index in [2.05, 4.69) is 28.7 Å². The maximum Gasteiger partial charge on any atom is 0.246 e. The molecule has 1 aromatic carbocycles. The number of hydrogen-bond acceptors (Lipinski definition) is 4. The molecule has 3 heterocycles. The monoisotopic (exact) mass is 420 g/mol. The number of rotatable bonds is 4. The average Bonchev–Trinajstić information content (AvgIpc) is 3.20. The number of fused-ring (bicyclic) bond motifs is 1. The lowest BCUT2D eigenvalue weighted by Crippen LogP contribution is -2.53. The van der Waals surface area contributed by atoms with Crippen LogP contribution >= 0.6 is 0 Å². The van der Waals surface area contributed by atoms with Gasteiger partial charge < -0.3 is 9.47 Å². The van der Waals surface area contributed by atoms with Gasteiger partial charge in [0.05, 0.1) is 6.54 Å². The smallest absolute Gasteiger partial charge is 0.246 e. The van der Waals surface area contributed by atoms with Crippen LogP contribution in [0, 0.1) is 5.82 Å². The highest BCUT2D eigenvalue weighted by molar-refractivity contribution is 7.89. The van der Waals surface area contributed by atoms with Gasteiger partial charge in [0.15, 0.2) is 0 Å². The third-order valence-electron chi connectivity index (χ3n) is 5.85. The Morgan fingerprint density at radius 3 is 2.48 bits per heavy atom. The first-order valence-corrected chi connectivity index (χ1v) is 11.2. The highest BCUT2D eigenvalue weighted by Crippen LogP contribution is 2.25. The molecule has 4 rings (SSSR count). The van der Waals surface area contributed by atoms with Gasteiger partial charge in [0.25, 0.3) is 0 Å². The molecule has 0 spiro atoms. The van der Waals surface area contributed by atoms with Crippen molar-refractivity contribution in [3.8, 4) is 0 Å². The second kappa shape index (κ2) is 7.89. The second-order valence-corrected chi connectivity index (χ2v) is 9.39. The molecular weight excluding hydrogens is 395 g/mol. The molecule has 0 bridgehead atoms. The lowest BCUT2D eigenvalue weighted by Gasteiger charge is -2.38. The Balaban J connectivity index is 1.36. The fraction of sp³-hybridized carbons (Fsp3) is 0.450. The number of benzene rings is 1. The Labute approximate surface area is 170 Å². The van der Waals surface area contributed by atoms with Crippen LogP contribution in [0.5, 0.6) is 0 Å². The van der Waals surface area contributed by atoms with Gasteiger partial charge in [-0.25, -0.2) is 12.8 Å². The van der Waals surface area contributed by atoms with Gasteiger partial charge in [-0.05, 0) is 31.2 Å². The maximum atomic E-state index is 13.9. The molecule has 1 fully saturated rings. The summed E-state index contributed by atoms with van der Waals surface area (Å²) in [7, 11) is -3.90. The molecular formula is C20H25FN4O3S. The minimum Gasteiger partial charge on any atom is -0.349 e. The highest BCUT2D eigenvalue weighted by Gasteiger charge is 2.33. The number of carbonyl (C=O) groups is 1. The third kappa shape index (κ3) is 3.82. The summed E-state index contributed by atoms with van der Waals surface area (Å²) in [6, 6.07) is 9.64. The number of aromatic nitrogens is 1. The van der Waals surface area contributed by atoms with Crippen molar-refractivity contribution in [1.29, 1.82) is 0 Å². The van der Waals surface area contributed by atoms with Crippen molar-refractivity contribution in [2.75, 3.05) is 39.3 Å². The summed E-state index contributed by atoms with van der Waals surface area (Å²) in [4.78, 5) is 16.3. The van der Waals surface area contributed by atoms with Crippen LogP contribution in [0.3, 0.4) is 0 Å². The summed E-state index contributed by atoms with van der Waals surface area (Å²) in [5.41, 5.74) is 1.20. The minimum atomic E-state index is -3.90. The fourth-order valence-electron chi connectivity index (χ4n) is 4.09. The van der Waals surface area contributed by atoms with E-state index in [-0.39, 0.29) is 29.9 Å². The van der Waals surface area contributed by atoms with Gasteiger partial charge in [-0.1, -0.05) is 12.1 Å². The Morgan fingerprint density at radius 1 is 1.03 bits per heavy atom. The minimum absolute atomic E-state index is 0.000189. The molecule has 1 atom stereocenters. The van der Waals surface area contributed by atoms with Gasteiger partial charge >= 0.3 is 0 Å². The Morgan fingerprint density at radius 2 is 1.76 bits per heavy atom. The van der Waals surface area contributed by atoms with Crippen molar-refractivity contribution in [3.05, 3.63) is 54.1 Å². The number of carbonyl (C=O) groups excluding carboxylic acids is 1. The molecule has 1 unspecified atom stereocenters. The number of hydrogen-bond donors (Lipinski definition) is 0. The molecule has 156 valence electrons. The number of halogens is 1. The van der Waals surface area contributed by atoms with E-state index in [1.165, 1.54) is 28.2 Å². The molecule has 0 aliphatic carbocycles. The fourth-order valence-corrected chi connectivity index (χ4v) is 5.57. The largest absolute Gasteiger partial charge is 0.349 e. The van der Waals surface area contributed by atoms with Crippen molar-refractivity contribution in [1.82, 2.24) is 18.7 Å². The van der Waals surface area contributed by atoms with Crippen LogP contribution in [0.4, 0.5) is 4.39 Å². The van der Waals surface area contributed by atoms with Crippen LogP contribution in [0.15, 0.2) is 47.5 Å². The lowest BCUT2D eigenvalue weighted by molar-refractivity contribution is -0.134. The van der Waals surface area contributed by atoms with E-state index in [9.17, 15) is 17.6 Å². The molecule has 1 saturated heterocycles. The summed E-state index contributed by atoms with van der Waals surface area (Å²) in [5, 5.41) is 0. The van der Waals surface area contributed by atoms with Crippen molar-refractivity contribution in [2.45, 2.75) is 24.4 Å². The quantitative estimate of drug-likeness (QED) is 0.753. The maximum absolute atomic E-state index is 13.9. The molecule has 9 heteroatoms. The topological polar surface area (TPSA) is 65.9 Å². The van der Waals surface area contributed by atoms with Crippen molar-refractivity contribution in [2.24, 2.45) is 0 Å². The normalized spacial score (nSPS) is 21.2. The molecule has 1 amide bonds. The van der Waals surface area contributed by atoms with E-state index in [0.29, 0.717) is 19.6 Å². The van der Waals surface area contributed by atoms with Crippen molar-refractivity contribution in [3.63, 3.8) is 0 Å². The van der Waals surface area contributed by atoms with Gasteiger partial charge in [-0.2, -0.15) is 4.31 Å². The van der Waals surface area contributed by atoms with Crippen LogP contribution in [0.1, 0.15) is 18.7 Å². The van der Waals surface area contributed by atoms with E-state index < -0.39 is 15.8 Å². The van der Waals surface area contributed by atoms with E-state index in [0.717, 1.165) is 19.2 Å². The summed E-state index contributed by atoms with van der Waals surface area (Å²) in [6.45, 7) is 5.02. The Bertz CT molecular complexity index is 999. The summed E-state index contributed by atoms with van der Waals surface area (Å²) in [5.74, 6) is -0.755. The number of sulfonamides is 1. The Kier molecular flexibility index (Phi) is 5.46. The van der Waals surface area contributed by atoms with E-state index >= 15 is 0 Å². The van der Waals surface area contributed by atoms with E-state index in [4.69, 9.17) is 0 Å². The SMILES string of the molecule is CC1c2cccn2CCN1CC(=O)N1CCN(S(=O)(=O)c2ccccc2F)CC1. The number of amides is 1. The molecule has 2 aromatic rings. The molecule has 7 nitrogen and oxygen atoms in total. The van der Waals surface area contributed by atoms with Gasteiger partial charge in [-0.3, -0.25) is 9.69 Å². The van der Waals surface area contributed by atoms with Crippen LogP contribution in [0.2, 0.25) is 0 Å². The lowest BCUT2D eigenvalue weighted by atomic mass is 10.1. The zero-order valence-electron chi connectivity index (χ0n) is 16.4. The van der Waals surface area contributed by atoms with Crippen LogP contribution < -0.4 is 0 Å². The standard InChI is InChI=1S/C20H25FN4O3S/c1-16-18-6-4-8-22(18)9-10-24(16)15-20(26)23-11-13-25(14-12-23)29(27,28)19-7-3-2-5-17(19)21/h2-8,16H,9-15H2,1H3. The zero-order valence-corrected chi connectivity index (χ0v) is 17.2. The Hall–Kier alpha value is -2.23. The predicted molar refractivity (Wildman–Crippen MR) is 106 cm³/mol. The van der Waals surface area contributed by atoms with Crippen LogP contribution in [-0.2, 0) is 21.4 Å². The van der Waals surface area contributed by atoms with Gasteiger partial charge in [-0.15, -0.1) is 0 Å². The van der Waals surface area contributed by atoms with Gasteiger partial charge in [0.2, 0.25) is 15.9 Å². The van der Waals surface area contributed by atoms with E-state index in [1.54, 1.807) is 4.90 Å². The first kappa shape index (κ1) is 20.1. The summed E-state index contributed by atoms with van der Waals surface area (Å²) < 4.78 is 42.8. The summed E-state index contributed by atoms with van der Waals surface area (Å²) in [6.07, 6.45) is 2.06. The van der Waals surface area contributed by atoms with Crippen molar-refractivity contribution >= 4 is 15.9 Å². The average molecular weight is 421 g/mol. The first-order chi connectivity index (χ1) is 13.9. The molecule has 2 aliphatic heterocycles. The number of nitrogens with zero attached hydrogens (tertiary/aromatic N) is 4. The van der Waals surface area contributed by atoms with Gasteiger partial charge in [0.1, 0.15) is 10.7 Å². The second-order valence-electron chi connectivity index (χ2n) is 7.49.